The molecule has 1 aromatic heterocycles. The first-order valence-electron chi connectivity index (χ1n) is 8.94. The van der Waals surface area contributed by atoms with E-state index in [0.717, 1.165) is 12.5 Å². The summed E-state index contributed by atoms with van der Waals surface area (Å²) in [6.07, 6.45) is -8.99. The van der Waals surface area contributed by atoms with Gasteiger partial charge in [0.2, 0.25) is 5.91 Å². The summed E-state index contributed by atoms with van der Waals surface area (Å²) in [5.41, 5.74) is -1.00. The van der Waals surface area contributed by atoms with E-state index in [2.05, 4.69) is 10.3 Å². The molecule has 0 radical (unpaired) electrons. The topological polar surface area (TPSA) is 48.5 Å². The maximum atomic E-state index is 12.8. The number of rotatable bonds is 4. The first-order valence-corrected chi connectivity index (χ1v) is 8.94. The van der Waals surface area contributed by atoms with Crippen molar-refractivity contribution in [3.8, 4) is 0 Å². The molecule has 0 saturated carbocycles. The number of pyridine rings is 1. The molecule has 28 heavy (non-hydrogen) atoms. The summed E-state index contributed by atoms with van der Waals surface area (Å²) in [5, 5.41) is 2.97. The predicted octanol–water partition coefficient (Wildman–Crippen LogP) is 3.84. The molecule has 0 aromatic carbocycles. The van der Waals surface area contributed by atoms with Gasteiger partial charge in [-0.15, -0.1) is 0 Å². The smallest absolute Gasteiger partial charge is 0.354 e. The second-order valence-corrected chi connectivity index (χ2v) is 7.01. The van der Waals surface area contributed by atoms with Gasteiger partial charge in [0.25, 0.3) is 0 Å². The van der Waals surface area contributed by atoms with E-state index < -0.39 is 36.8 Å². The third-order valence-corrected chi connectivity index (χ3v) is 5.04. The van der Waals surface area contributed by atoms with Crippen LogP contribution in [0.3, 0.4) is 0 Å². The van der Waals surface area contributed by atoms with Crippen molar-refractivity contribution in [2.24, 2.45) is 0 Å². The zero-order valence-electron chi connectivity index (χ0n) is 14.9. The Balaban J connectivity index is 1.63. The van der Waals surface area contributed by atoms with Crippen molar-refractivity contribution in [3.05, 3.63) is 23.9 Å². The van der Waals surface area contributed by atoms with Gasteiger partial charge in [-0.1, -0.05) is 6.07 Å². The zero-order chi connectivity index (χ0) is 20.5. The second kappa shape index (κ2) is 7.76. The van der Waals surface area contributed by atoms with Crippen LogP contribution in [0.1, 0.15) is 37.8 Å². The molecular formula is C17H20F6N4O. The number of aromatic nitrogens is 1. The lowest BCUT2D eigenvalue weighted by molar-refractivity contribution is -0.152. The molecule has 11 heteroatoms. The van der Waals surface area contributed by atoms with Crippen molar-refractivity contribution < 1.29 is 31.1 Å². The number of alkyl halides is 6. The highest BCUT2D eigenvalue weighted by molar-refractivity contribution is 5.76. The van der Waals surface area contributed by atoms with Crippen molar-refractivity contribution in [3.63, 3.8) is 0 Å². The van der Waals surface area contributed by atoms with E-state index in [9.17, 15) is 31.1 Å². The molecule has 156 valence electrons. The second-order valence-electron chi connectivity index (χ2n) is 7.01. The molecule has 2 aliphatic heterocycles. The highest BCUT2D eigenvalue weighted by atomic mass is 19.4. The molecule has 3 rings (SSSR count). The molecule has 3 heterocycles. The largest absolute Gasteiger partial charge is 0.433 e. The lowest BCUT2D eigenvalue weighted by Gasteiger charge is -2.40. The molecule has 1 amide bonds. The van der Waals surface area contributed by atoms with E-state index in [1.807, 2.05) is 4.90 Å². The van der Waals surface area contributed by atoms with Gasteiger partial charge in [-0.05, 0) is 31.4 Å². The Morgan fingerprint density at radius 1 is 1.14 bits per heavy atom. The minimum absolute atomic E-state index is 0.0704. The third kappa shape index (κ3) is 5.06. The summed E-state index contributed by atoms with van der Waals surface area (Å²) >= 11 is 0. The SMILES string of the molecule is O=C(CCC(F)(F)F)N1CC[C@@H]2CC[C@@H](Nc3cccc(C(F)(F)F)n3)N2C1. The van der Waals surface area contributed by atoms with Crippen molar-refractivity contribution in [2.45, 2.75) is 56.7 Å². The molecule has 2 fully saturated rings. The maximum absolute atomic E-state index is 12.8. The number of amides is 1. The van der Waals surface area contributed by atoms with Gasteiger partial charge in [-0.3, -0.25) is 9.69 Å². The van der Waals surface area contributed by atoms with Crippen LogP contribution in [-0.2, 0) is 11.0 Å². The van der Waals surface area contributed by atoms with Gasteiger partial charge in [-0.25, -0.2) is 4.98 Å². The van der Waals surface area contributed by atoms with Gasteiger partial charge in [-0.2, -0.15) is 26.3 Å². The van der Waals surface area contributed by atoms with E-state index >= 15 is 0 Å². The number of carbonyl (C=O) groups excluding carboxylic acids is 1. The fourth-order valence-corrected chi connectivity index (χ4v) is 3.64. The number of nitrogens with zero attached hydrogens (tertiary/aromatic N) is 3. The normalized spacial score (nSPS) is 23.6. The Labute approximate surface area is 157 Å². The number of carbonyl (C=O) groups is 1. The van der Waals surface area contributed by atoms with E-state index in [1.165, 1.54) is 17.0 Å². The minimum atomic E-state index is -4.55. The van der Waals surface area contributed by atoms with Gasteiger partial charge in [0.1, 0.15) is 11.5 Å². The number of halogens is 6. The number of nitrogens with one attached hydrogen (secondary N) is 1. The Morgan fingerprint density at radius 2 is 1.89 bits per heavy atom. The van der Waals surface area contributed by atoms with Gasteiger partial charge >= 0.3 is 12.4 Å². The molecule has 2 atom stereocenters. The van der Waals surface area contributed by atoms with Crippen LogP contribution in [0.2, 0.25) is 0 Å². The van der Waals surface area contributed by atoms with Crippen molar-refractivity contribution in [1.82, 2.24) is 14.8 Å². The fourth-order valence-electron chi connectivity index (χ4n) is 3.64. The van der Waals surface area contributed by atoms with Crippen LogP contribution in [0.15, 0.2) is 18.2 Å². The summed E-state index contributed by atoms with van der Waals surface area (Å²) in [6, 6.07) is 3.70. The summed E-state index contributed by atoms with van der Waals surface area (Å²) in [7, 11) is 0. The monoisotopic (exact) mass is 410 g/mol. The van der Waals surface area contributed by atoms with Gasteiger partial charge in [0.05, 0.1) is 19.3 Å². The summed E-state index contributed by atoms with van der Waals surface area (Å²) in [5.74, 6) is -0.500. The summed E-state index contributed by atoms with van der Waals surface area (Å²) < 4.78 is 75.5. The first-order chi connectivity index (χ1) is 13.0. The van der Waals surface area contributed by atoms with Crippen LogP contribution in [0.4, 0.5) is 32.2 Å². The highest BCUT2D eigenvalue weighted by Crippen LogP contribution is 2.32. The molecule has 0 spiro atoms. The number of fused-ring (bicyclic) bond motifs is 1. The van der Waals surface area contributed by atoms with Crippen LogP contribution in [-0.4, -0.2) is 52.3 Å². The van der Waals surface area contributed by atoms with Gasteiger partial charge in [0, 0.05) is 19.0 Å². The van der Waals surface area contributed by atoms with Crippen LogP contribution in [0, 0.1) is 0 Å². The summed E-state index contributed by atoms with van der Waals surface area (Å²) in [4.78, 5) is 19.0. The maximum Gasteiger partial charge on any atom is 0.433 e. The molecule has 2 saturated heterocycles. The molecule has 2 aliphatic rings. The van der Waals surface area contributed by atoms with Gasteiger partial charge < -0.3 is 10.2 Å². The third-order valence-electron chi connectivity index (χ3n) is 5.04. The average molecular weight is 410 g/mol. The Bertz CT molecular complexity index is 708. The fraction of sp³-hybridized carbons (Fsp3) is 0.647. The van der Waals surface area contributed by atoms with Crippen molar-refractivity contribution in [2.75, 3.05) is 18.5 Å². The molecular weight excluding hydrogens is 390 g/mol. The van der Waals surface area contributed by atoms with Crippen molar-refractivity contribution in [1.29, 1.82) is 0 Å². The standard InChI is InChI=1S/C17H20F6N4O/c18-16(19,20)8-6-15(28)26-9-7-11-4-5-14(27(11)10-26)25-13-3-1-2-12(24-13)17(21,22)23/h1-3,11,14H,4-10H2,(H,24,25)/t11-,14-/m0/s1. The van der Waals surface area contributed by atoms with E-state index in [4.69, 9.17) is 0 Å². The van der Waals surface area contributed by atoms with Crippen LogP contribution < -0.4 is 5.32 Å². The van der Waals surface area contributed by atoms with Crippen LogP contribution in [0.25, 0.3) is 0 Å². The Hall–Kier alpha value is -2.04. The van der Waals surface area contributed by atoms with Crippen LogP contribution in [0.5, 0.6) is 0 Å². The number of hydrogen-bond acceptors (Lipinski definition) is 4. The quantitative estimate of drug-likeness (QED) is 0.767. The lowest BCUT2D eigenvalue weighted by atomic mass is 10.1. The number of anilines is 1. The van der Waals surface area contributed by atoms with E-state index in [-0.39, 0.29) is 24.7 Å². The minimum Gasteiger partial charge on any atom is -0.354 e. The van der Waals surface area contributed by atoms with E-state index in [1.54, 1.807) is 0 Å². The Kier molecular flexibility index (Phi) is 5.74. The molecule has 0 bridgehead atoms. The predicted molar refractivity (Wildman–Crippen MR) is 88.0 cm³/mol. The average Bonchev–Trinajstić information content (AvgIpc) is 3.01. The molecule has 1 N–H and O–H groups in total. The number of hydrogen-bond donors (Lipinski definition) is 1. The first kappa shape index (κ1) is 20.7. The Morgan fingerprint density at radius 3 is 2.57 bits per heavy atom. The molecule has 0 unspecified atom stereocenters. The van der Waals surface area contributed by atoms with Gasteiger partial charge in [0.15, 0.2) is 0 Å². The van der Waals surface area contributed by atoms with Crippen molar-refractivity contribution >= 4 is 11.7 Å². The molecule has 1 aromatic rings. The zero-order valence-corrected chi connectivity index (χ0v) is 14.9. The molecule has 0 aliphatic carbocycles. The highest BCUT2D eigenvalue weighted by Gasteiger charge is 2.39. The van der Waals surface area contributed by atoms with Crippen LogP contribution >= 0.6 is 0 Å². The lowest BCUT2D eigenvalue weighted by Crippen LogP contribution is -2.54. The summed E-state index contributed by atoms with van der Waals surface area (Å²) in [6.45, 7) is 0.532. The van der Waals surface area contributed by atoms with E-state index in [0.29, 0.717) is 19.4 Å². The molecule has 5 nitrogen and oxygen atoms in total.